The Morgan fingerprint density at radius 2 is 1.88 bits per heavy atom. The van der Waals surface area contributed by atoms with Crippen LogP contribution in [-0.4, -0.2) is 62.1 Å². The van der Waals surface area contributed by atoms with Gasteiger partial charge in [-0.05, 0) is 5.41 Å². The van der Waals surface area contributed by atoms with Crippen molar-refractivity contribution in [1.82, 2.24) is 9.80 Å². The van der Waals surface area contributed by atoms with E-state index in [9.17, 15) is 4.79 Å². The molecular formula is C13H26N2O2. The molecule has 100 valence electrons. The van der Waals surface area contributed by atoms with Crippen LogP contribution in [0.5, 0.6) is 0 Å². The van der Waals surface area contributed by atoms with Crippen molar-refractivity contribution in [3.63, 3.8) is 0 Å². The van der Waals surface area contributed by atoms with Crippen LogP contribution in [-0.2, 0) is 9.53 Å². The van der Waals surface area contributed by atoms with E-state index < -0.39 is 0 Å². The lowest BCUT2D eigenvalue weighted by atomic mass is 9.92. The number of likely N-dealkylation sites (N-methyl/N-ethyl adjacent to an activating group) is 1. The smallest absolute Gasteiger partial charge is 0.222 e. The van der Waals surface area contributed by atoms with E-state index in [1.54, 1.807) is 0 Å². The summed E-state index contributed by atoms with van der Waals surface area (Å²) in [6.45, 7) is 11.7. The molecule has 0 aromatic heterocycles. The van der Waals surface area contributed by atoms with Gasteiger partial charge in [-0.15, -0.1) is 0 Å². The number of morpholine rings is 1. The molecule has 0 aliphatic carbocycles. The normalized spacial score (nSPS) is 18.1. The molecule has 0 aromatic rings. The standard InChI is InChI=1S/C13H26N2O2/c1-13(2,3)11-12(16)14(4)5-6-15-7-9-17-10-8-15/h5-11H2,1-4H3. The second-order valence-electron chi connectivity index (χ2n) is 6.01. The lowest BCUT2D eigenvalue weighted by Gasteiger charge is -2.29. The van der Waals surface area contributed by atoms with Gasteiger partial charge in [0.2, 0.25) is 5.91 Å². The van der Waals surface area contributed by atoms with E-state index in [4.69, 9.17) is 4.74 Å². The molecule has 4 nitrogen and oxygen atoms in total. The van der Waals surface area contributed by atoms with Crippen LogP contribution < -0.4 is 0 Å². The van der Waals surface area contributed by atoms with Gasteiger partial charge in [0.15, 0.2) is 0 Å². The number of hydrogen-bond donors (Lipinski definition) is 0. The van der Waals surface area contributed by atoms with E-state index in [2.05, 4.69) is 25.7 Å². The van der Waals surface area contributed by atoms with E-state index in [1.165, 1.54) is 0 Å². The van der Waals surface area contributed by atoms with Crippen molar-refractivity contribution in [3.05, 3.63) is 0 Å². The summed E-state index contributed by atoms with van der Waals surface area (Å²) < 4.78 is 5.30. The van der Waals surface area contributed by atoms with Gasteiger partial charge in [-0.1, -0.05) is 20.8 Å². The molecule has 1 heterocycles. The Bertz CT molecular complexity index is 242. The summed E-state index contributed by atoms with van der Waals surface area (Å²) in [6, 6.07) is 0. The summed E-state index contributed by atoms with van der Waals surface area (Å²) in [7, 11) is 1.90. The number of rotatable bonds is 4. The van der Waals surface area contributed by atoms with Crippen LogP contribution in [0, 0.1) is 5.41 Å². The van der Waals surface area contributed by atoms with Crippen LogP contribution in [0.25, 0.3) is 0 Å². The quantitative estimate of drug-likeness (QED) is 0.743. The van der Waals surface area contributed by atoms with Gasteiger partial charge in [-0.2, -0.15) is 0 Å². The van der Waals surface area contributed by atoms with Crippen LogP contribution in [0.4, 0.5) is 0 Å². The second kappa shape index (κ2) is 6.36. The Hall–Kier alpha value is -0.610. The minimum atomic E-state index is 0.0737. The Kier molecular flexibility index (Phi) is 5.40. The van der Waals surface area contributed by atoms with Gasteiger partial charge in [0, 0.05) is 39.6 Å². The molecule has 1 saturated heterocycles. The molecule has 0 unspecified atom stereocenters. The van der Waals surface area contributed by atoms with Crippen molar-refractivity contribution in [2.24, 2.45) is 5.41 Å². The molecule has 1 rings (SSSR count). The van der Waals surface area contributed by atoms with Crippen LogP contribution in [0.1, 0.15) is 27.2 Å². The molecule has 1 aliphatic heterocycles. The molecule has 0 saturated carbocycles. The van der Waals surface area contributed by atoms with Crippen molar-refractivity contribution in [3.8, 4) is 0 Å². The second-order valence-corrected chi connectivity index (χ2v) is 6.01. The number of ether oxygens (including phenoxy) is 1. The Labute approximate surface area is 105 Å². The first-order valence-corrected chi connectivity index (χ1v) is 6.42. The fourth-order valence-corrected chi connectivity index (χ4v) is 1.83. The maximum absolute atomic E-state index is 11.9. The van der Waals surface area contributed by atoms with Gasteiger partial charge >= 0.3 is 0 Å². The van der Waals surface area contributed by atoms with Crippen molar-refractivity contribution in [2.75, 3.05) is 46.4 Å². The van der Waals surface area contributed by atoms with Crippen molar-refractivity contribution < 1.29 is 9.53 Å². The number of carbonyl (C=O) groups is 1. The van der Waals surface area contributed by atoms with Gasteiger partial charge < -0.3 is 9.64 Å². The molecular weight excluding hydrogens is 216 g/mol. The zero-order valence-corrected chi connectivity index (χ0v) is 11.7. The molecule has 0 spiro atoms. The number of nitrogens with zero attached hydrogens (tertiary/aromatic N) is 2. The van der Waals surface area contributed by atoms with E-state index in [-0.39, 0.29) is 11.3 Å². The number of amides is 1. The van der Waals surface area contributed by atoms with Gasteiger partial charge in [-0.3, -0.25) is 9.69 Å². The fourth-order valence-electron chi connectivity index (χ4n) is 1.83. The minimum absolute atomic E-state index is 0.0737. The summed E-state index contributed by atoms with van der Waals surface area (Å²) in [6.07, 6.45) is 0.618. The van der Waals surface area contributed by atoms with E-state index >= 15 is 0 Å². The lowest BCUT2D eigenvalue weighted by molar-refractivity contribution is -0.132. The van der Waals surface area contributed by atoms with Crippen LogP contribution in [0.3, 0.4) is 0 Å². The molecule has 0 bridgehead atoms. The molecule has 17 heavy (non-hydrogen) atoms. The molecule has 1 fully saturated rings. The highest BCUT2D eigenvalue weighted by atomic mass is 16.5. The van der Waals surface area contributed by atoms with Crippen LogP contribution >= 0.6 is 0 Å². The highest BCUT2D eigenvalue weighted by Gasteiger charge is 2.19. The zero-order chi connectivity index (χ0) is 12.9. The van der Waals surface area contributed by atoms with Gasteiger partial charge in [0.1, 0.15) is 0 Å². The summed E-state index contributed by atoms with van der Waals surface area (Å²) in [4.78, 5) is 16.1. The van der Waals surface area contributed by atoms with Gasteiger partial charge in [0.05, 0.1) is 13.2 Å². The third kappa shape index (κ3) is 6.03. The van der Waals surface area contributed by atoms with E-state index in [0.717, 1.165) is 39.4 Å². The largest absolute Gasteiger partial charge is 0.379 e. The molecule has 0 aromatic carbocycles. The maximum atomic E-state index is 11.9. The average molecular weight is 242 g/mol. The minimum Gasteiger partial charge on any atom is -0.379 e. The van der Waals surface area contributed by atoms with Crippen molar-refractivity contribution in [2.45, 2.75) is 27.2 Å². The summed E-state index contributed by atoms with van der Waals surface area (Å²) in [5, 5.41) is 0. The highest BCUT2D eigenvalue weighted by molar-refractivity contribution is 5.76. The Balaban J connectivity index is 2.23. The van der Waals surface area contributed by atoms with E-state index in [1.807, 2.05) is 11.9 Å². The Morgan fingerprint density at radius 1 is 1.29 bits per heavy atom. The third-order valence-corrected chi connectivity index (χ3v) is 2.96. The monoisotopic (exact) mass is 242 g/mol. The number of carbonyl (C=O) groups excluding carboxylic acids is 1. The zero-order valence-electron chi connectivity index (χ0n) is 11.7. The van der Waals surface area contributed by atoms with Crippen LogP contribution in [0.15, 0.2) is 0 Å². The van der Waals surface area contributed by atoms with Crippen molar-refractivity contribution >= 4 is 5.91 Å². The van der Waals surface area contributed by atoms with Crippen LogP contribution in [0.2, 0.25) is 0 Å². The molecule has 0 radical (unpaired) electrons. The topological polar surface area (TPSA) is 32.8 Å². The first-order chi connectivity index (χ1) is 7.88. The molecule has 0 N–H and O–H groups in total. The Morgan fingerprint density at radius 3 is 2.41 bits per heavy atom. The molecule has 1 amide bonds. The van der Waals surface area contributed by atoms with Gasteiger partial charge in [0.25, 0.3) is 0 Å². The SMILES string of the molecule is CN(CCN1CCOCC1)C(=O)CC(C)(C)C. The van der Waals surface area contributed by atoms with E-state index in [0.29, 0.717) is 6.42 Å². The highest BCUT2D eigenvalue weighted by Crippen LogP contribution is 2.19. The van der Waals surface area contributed by atoms with Crippen molar-refractivity contribution in [1.29, 1.82) is 0 Å². The maximum Gasteiger partial charge on any atom is 0.222 e. The molecule has 1 aliphatic rings. The number of hydrogen-bond acceptors (Lipinski definition) is 3. The summed E-state index contributed by atoms with van der Waals surface area (Å²) in [5.41, 5.74) is 0.0737. The molecule has 4 heteroatoms. The van der Waals surface area contributed by atoms with Gasteiger partial charge in [-0.25, -0.2) is 0 Å². The fraction of sp³-hybridized carbons (Fsp3) is 0.923. The third-order valence-electron chi connectivity index (χ3n) is 2.96. The first kappa shape index (κ1) is 14.5. The predicted octanol–water partition coefficient (Wildman–Crippen LogP) is 1.21. The lowest BCUT2D eigenvalue weighted by Crippen LogP contribution is -2.42. The first-order valence-electron chi connectivity index (χ1n) is 6.42. The summed E-state index contributed by atoms with van der Waals surface area (Å²) >= 11 is 0. The molecule has 0 atom stereocenters. The summed E-state index contributed by atoms with van der Waals surface area (Å²) in [5.74, 6) is 0.241. The average Bonchev–Trinajstić information content (AvgIpc) is 2.25. The predicted molar refractivity (Wildman–Crippen MR) is 69.0 cm³/mol.